The molecule has 3 unspecified atom stereocenters. The van der Waals surface area contributed by atoms with Crippen molar-refractivity contribution in [2.75, 3.05) is 34.4 Å². The third-order valence-electron chi connectivity index (χ3n) is 5.34. The molecule has 0 radical (unpaired) electrons. The molecule has 1 aromatic carbocycles. The fraction of sp³-hybridized carbons (Fsp3) is 0.611. The summed E-state index contributed by atoms with van der Waals surface area (Å²) < 4.78 is 16.0. The van der Waals surface area contributed by atoms with Crippen molar-refractivity contribution in [3.05, 3.63) is 17.7 Å². The molecule has 3 rings (SSSR count). The van der Waals surface area contributed by atoms with Crippen LogP contribution in [0.25, 0.3) is 0 Å². The summed E-state index contributed by atoms with van der Waals surface area (Å²) in [6.07, 6.45) is 2.55. The molecule has 1 heterocycles. The molecule has 25 heavy (non-hydrogen) atoms. The summed E-state index contributed by atoms with van der Waals surface area (Å²) in [7, 11) is 4.72. The number of nitrogens with zero attached hydrogens (tertiary/aromatic N) is 1. The molecule has 1 aliphatic carbocycles. The van der Waals surface area contributed by atoms with Gasteiger partial charge in [0.25, 0.3) is 0 Å². The lowest BCUT2D eigenvalue weighted by Gasteiger charge is -2.19. The Kier molecular flexibility index (Phi) is 6.41. The second-order valence-electron chi connectivity index (χ2n) is 6.67. The minimum absolute atomic E-state index is 0. The summed E-state index contributed by atoms with van der Waals surface area (Å²) in [6, 6.07) is 3.91. The van der Waals surface area contributed by atoms with E-state index in [9.17, 15) is 4.79 Å². The number of rotatable bonds is 5. The first kappa shape index (κ1) is 19.7. The predicted octanol–water partition coefficient (Wildman–Crippen LogP) is 1.87. The van der Waals surface area contributed by atoms with E-state index in [2.05, 4.69) is 0 Å². The molecule has 1 aliphatic heterocycles. The maximum atomic E-state index is 12.7. The van der Waals surface area contributed by atoms with Crippen LogP contribution in [0.1, 0.15) is 18.4 Å². The zero-order valence-corrected chi connectivity index (χ0v) is 15.8. The van der Waals surface area contributed by atoms with E-state index in [1.165, 1.54) is 0 Å². The molecule has 1 aromatic rings. The molecule has 2 fully saturated rings. The smallest absolute Gasteiger partial charge is 0.227 e. The van der Waals surface area contributed by atoms with Crippen LogP contribution in [0.5, 0.6) is 17.2 Å². The molecule has 140 valence electrons. The van der Waals surface area contributed by atoms with Gasteiger partial charge < -0.3 is 24.8 Å². The lowest BCUT2D eigenvalue weighted by molar-refractivity contribution is -0.129. The highest BCUT2D eigenvalue weighted by atomic mass is 35.5. The van der Waals surface area contributed by atoms with E-state index in [0.29, 0.717) is 35.5 Å². The molecule has 1 saturated carbocycles. The maximum absolute atomic E-state index is 12.7. The minimum atomic E-state index is 0. The number of benzene rings is 1. The Hall–Kier alpha value is -1.66. The zero-order valence-electron chi connectivity index (χ0n) is 15.0. The number of hydrogen-bond acceptors (Lipinski definition) is 5. The first-order valence-electron chi connectivity index (χ1n) is 8.39. The monoisotopic (exact) mass is 370 g/mol. The highest BCUT2D eigenvalue weighted by Crippen LogP contribution is 2.39. The Bertz CT molecular complexity index is 600. The zero-order chi connectivity index (χ0) is 17.3. The standard InChI is InChI=1S/C18H26N2O4.ClH/c1-22-15-6-11(7-16(23-2)18(15)24-3)8-17(21)20-9-12-4-5-14(19)13(12)10-20;/h6-7,12-14H,4-5,8-10,19H2,1-3H3;1H. The molecule has 1 saturated heterocycles. The van der Waals surface area contributed by atoms with E-state index in [4.69, 9.17) is 19.9 Å². The average Bonchev–Trinajstić information content (AvgIpc) is 3.16. The first-order chi connectivity index (χ1) is 11.6. The molecular formula is C18H27ClN2O4. The average molecular weight is 371 g/mol. The van der Waals surface area contributed by atoms with Crippen LogP contribution >= 0.6 is 12.4 Å². The quantitative estimate of drug-likeness (QED) is 0.856. The van der Waals surface area contributed by atoms with Crippen molar-refractivity contribution < 1.29 is 19.0 Å². The van der Waals surface area contributed by atoms with Crippen LogP contribution in [0.2, 0.25) is 0 Å². The molecular weight excluding hydrogens is 344 g/mol. The van der Waals surface area contributed by atoms with E-state index in [1.54, 1.807) is 21.3 Å². The Morgan fingerprint density at radius 1 is 1.12 bits per heavy atom. The largest absolute Gasteiger partial charge is 0.493 e. The van der Waals surface area contributed by atoms with Crippen LogP contribution in [-0.4, -0.2) is 51.3 Å². The van der Waals surface area contributed by atoms with Gasteiger partial charge in [0.15, 0.2) is 11.5 Å². The summed E-state index contributed by atoms with van der Waals surface area (Å²) >= 11 is 0. The highest BCUT2D eigenvalue weighted by Gasteiger charge is 2.42. The lowest BCUT2D eigenvalue weighted by atomic mass is 9.98. The molecule has 0 spiro atoms. The van der Waals surface area contributed by atoms with Crippen molar-refractivity contribution >= 4 is 18.3 Å². The van der Waals surface area contributed by atoms with Gasteiger partial charge in [-0.05, 0) is 42.4 Å². The molecule has 1 amide bonds. The topological polar surface area (TPSA) is 74.0 Å². The number of halogens is 1. The summed E-state index contributed by atoms with van der Waals surface area (Å²) in [4.78, 5) is 14.6. The van der Waals surface area contributed by atoms with E-state index in [-0.39, 0.29) is 24.4 Å². The highest BCUT2D eigenvalue weighted by molar-refractivity contribution is 5.85. The number of nitrogens with two attached hydrogens (primary N) is 1. The number of fused-ring (bicyclic) bond motifs is 1. The number of carbonyl (C=O) groups is 1. The Morgan fingerprint density at radius 2 is 1.76 bits per heavy atom. The lowest BCUT2D eigenvalue weighted by Crippen LogP contribution is -2.34. The Balaban J connectivity index is 0.00000225. The molecule has 6 nitrogen and oxygen atoms in total. The third kappa shape index (κ3) is 3.80. The number of hydrogen-bond donors (Lipinski definition) is 1. The van der Waals surface area contributed by atoms with Crippen molar-refractivity contribution in [1.29, 1.82) is 0 Å². The normalized spacial score (nSPS) is 24.5. The van der Waals surface area contributed by atoms with E-state index >= 15 is 0 Å². The minimum Gasteiger partial charge on any atom is -0.493 e. The molecule has 3 atom stereocenters. The van der Waals surface area contributed by atoms with Crippen LogP contribution in [0.4, 0.5) is 0 Å². The van der Waals surface area contributed by atoms with Gasteiger partial charge in [-0.3, -0.25) is 4.79 Å². The van der Waals surface area contributed by atoms with Crippen LogP contribution < -0.4 is 19.9 Å². The van der Waals surface area contributed by atoms with Gasteiger partial charge in [-0.25, -0.2) is 0 Å². The van der Waals surface area contributed by atoms with Crippen molar-refractivity contribution in [3.8, 4) is 17.2 Å². The molecule has 0 bridgehead atoms. The fourth-order valence-electron chi connectivity index (χ4n) is 4.04. The number of ether oxygens (including phenoxy) is 3. The van der Waals surface area contributed by atoms with Crippen molar-refractivity contribution in [2.45, 2.75) is 25.3 Å². The maximum Gasteiger partial charge on any atom is 0.227 e. The first-order valence-corrected chi connectivity index (χ1v) is 8.39. The van der Waals surface area contributed by atoms with Crippen molar-refractivity contribution in [2.24, 2.45) is 17.6 Å². The van der Waals surface area contributed by atoms with Crippen LogP contribution in [0.3, 0.4) is 0 Å². The van der Waals surface area contributed by atoms with E-state index in [0.717, 1.165) is 31.5 Å². The van der Waals surface area contributed by atoms with Crippen LogP contribution in [-0.2, 0) is 11.2 Å². The molecule has 7 heteroatoms. The molecule has 2 N–H and O–H groups in total. The summed E-state index contributed by atoms with van der Waals surface area (Å²) in [6.45, 7) is 1.62. The Morgan fingerprint density at radius 3 is 2.28 bits per heavy atom. The van der Waals surface area contributed by atoms with Gasteiger partial charge in [-0.1, -0.05) is 0 Å². The number of methoxy groups -OCH3 is 3. The number of likely N-dealkylation sites (tertiary alicyclic amines) is 1. The number of amides is 1. The van der Waals surface area contributed by atoms with Gasteiger partial charge in [0.05, 0.1) is 27.8 Å². The second-order valence-corrected chi connectivity index (χ2v) is 6.67. The van der Waals surface area contributed by atoms with Crippen LogP contribution in [0, 0.1) is 11.8 Å². The van der Waals surface area contributed by atoms with Crippen molar-refractivity contribution in [3.63, 3.8) is 0 Å². The van der Waals surface area contributed by atoms with Crippen molar-refractivity contribution in [1.82, 2.24) is 4.90 Å². The van der Waals surface area contributed by atoms with Gasteiger partial charge >= 0.3 is 0 Å². The van der Waals surface area contributed by atoms with E-state index in [1.807, 2.05) is 17.0 Å². The summed E-state index contributed by atoms with van der Waals surface area (Å²) in [5.74, 6) is 2.85. The summed E-state index contributed by atoms with van der Waals surface area (Å²) in [5.41, 5.74) is 7.01. The van der Waals surface area contributed by atoms with Gasteiger partial charge in [-0.2, -0.15) is 0 Å². The van der Waals surface area contributed by atoms with Gasteiger partial charge in [0, 0.05) is 19.1 Å². The number of carbonyl (C=O) groups excluding carboxylic acids is 1. The predicted molar refractivity (Wildman–Crippen MR) is 97.8 cm³/mol. The van der Waals surface area contributed by atoms with Gasteiger partial charge in [0.1, 0.15) is 0 Å². The fourth-order valence-corrected chi connectivity index (χ4v) is 4.04. The van der Waals surface area contributed by atoms with Crippen LogP contribution in [0.15, 0.2) is 12.1 Å². The van der Waals surface area contributed by atoms with E-state index < -0.39 is 0 Å². The summed E-state index contributed by atoms with van der Waals surface area (Å²) in [5, 5.41) is 0. The Labute approximate surface area is 155 Å². The molecule has 2 aliphatic rings. The van der Waals surface area contributed by atoms with Gasteiger partial charge in [0.2, 0.25) is 11.7 Å². The molecule has 0 aromatic heterocycles. The third-order valence-corrected chi connectivity index (χ3v) is 5.34. The second kappa shape index (κ2) is 8.15. The SMILES string of the molecule is COc1cc(CC(=O)N2CC3CCC(N)C3C2)cc(OC)c1OC.Cl. The van der Waals surface area contributed by atoms with Gasteiger partial charge in [-0.15, -0.1) is 12.4 Å².